The Bertz CT molecular complexity index is 912. The van der Waals surface area contributed by atoms with Crippen molar-refractivity contribution in [3.63, 3.8) is 0 Å². The van der Waals surface area contributed by atoms with Crippen molar-refractivity contribution in [3.05, 3.63) is 42.1 Å². The minimum Gasteiger partial charge on any atom is -0.489 e. The van der Waals surface area contributed by atoms with E-state index in [0.717, 1.165) is 50.1 Å². The molecule has 6 heteroatoms. The predicted molar refractivity (Wildman–Crippen MR) is 124 cm³/mol. The van der Waals surface area contributed by atoms with Crippen molar-refractivity contribution in [2.75, 3.05) is 36.0 Å². The number of ketones is 1. The average Bonchev–Trinajstić information content (AvgIpc) is 3.34. The molecular formula is C25H34N4O2. The summed E-state index contributed by atoms with van der Waals surface area (Å²) in [4.78, 5) is 25.3. The number of hydrogen-bond acceptors (Lipinski definition) is 6. The number of rotatable bonds is 7. The summed E-state index contributed by atoms with van der Waals surface area (Å²) in [7, 11) is 0. The first-order chi connectivity index (χ1) is 14.8. The van der Waals surface area contributed by atoms with Crippen LogP contribution in [0.15, 0.2) is 36.5 Å². The molecule has 0 spiro atoms. The Morgan fingerprint density at radius 1 is 1.19 bits per heavy atom. The summed E-state index contributed by atoms with van der Waals surface area (Å²) in [5.41, 5.74) is 1.50. The third kappa shape index (κ3) is 5.35. The van der Waals surface area contributed by atoms with Crippen LogP contribution in [0.5, 0.6) is 5.75 Å². The maximum Gasteiger partial charge on any atom is 0.227 e. The third-order valence-electron chi connectivity index (χ3n) is 6.40. The second-order valence-corrected chi connectivity index (χ2v) is 9.90. The van der Waals surface area contributed by atoms with Crippen molar-refractivity contribution in [2.45, 2.75) is 59.0 Å². The maximum absolute atomic E-state index is 11.4. The summed E-state index contributed by atoms with van der Waals surface area (Å²) < 4.78 is 6.24. The SMILES string of the molecule is CC(=O)C[C@@H](C)c1ccc(O[C@@H]2CCN(c3ccnc(N4CCC(C)(C)C4)n3)C2)cc1. The van der Waals surface area contributed by atoms with Crippen molar-refractivity contribution in [1.82, 2.24) is 9.97 Å². The molecular weight excluding hydrogens is 388 g/mol. The number of carbonyl (C=O) groups excluding carboxylic acids is 1. The fourth-order valence-electron chi connectivity index (χ4n) is 4.60. The van der Waals surface area contributed by atoms with E-state index in [0.29, 0.717) is 11.8 Å². The fourth-order valence-corrected chi connectivity index (χ4v) is 4.60. The van der Waals surface area contributed by atoms with Crippen LogP contribution in [0, 0.1) is 5.41 Å². The van der Waals surface area contributed by atoms with Gasteiger partial charge in [-0.15, -0.1) is 0 Å². The molecule has 1 aromatic carbocycles. The molecule has 0 amide bonds. The van der Waals surface area contributed by atoms with Gasteiger partial charge in [-0.25, -0.2) is 4.98 Å². The summed E-state index contributed by atoms with van der Waals surface area (Å²) in [6, 6.07) is 10.2. The third-order valence-corrected chi connectivity index (χ3v) is 6.40. The minimum absolute atomic E-state index is 0.143. The Kier molecular flexibility index (Phi) is 6.17. The highest BCUT2D eigenvalue weighted by molar-refractivity contribution is 5.76. The summed E-state index contributed by atoms with van der Waals surface area (Å²) in [6.07, 6.45) is 4.74. The van der Waals surface area contributed by atoms with Crippen LogP contribution in [-0.4, -0.2) is 48.0 Å². The zero-order chi connectivity index (χ0) is 22.0. The van der Waals surface area contributed by atoms with Crippen LogP contribution in [0.2, 0.25) is 0 Å². The van der Waals surface area contributed by atoms with E-state index >= 15 is 0 Å². The molecule has 2 fully saturated rings. The molecule has 31 heavy (non-hydrogen) atoms. The molecule has 2 aliphatic rings. The van der Waals surface area contributed by atoms with Crippen LogP contribution in [0.25, 0.3) is 0 Å². The standard InChI is InChI=1S/C25H34N4O2/c1-18(15-19(2)30)20-5-7-21(8-6-20)31-22-10-13-28(16-22)23-9-12-26-24(27-23)29-14-11-25(3,4)17-29/h5-9,12,18,22H,10-11,13-17H2,1-4H3/t18-,22-/m1/s1. The zero-order valence-corrected chi connectivity index (χ0v) is 19.2. The van der Waals surface area contributed by atoms with E-state index in [4.69, 9.17) is 9.72 Å². The molecule has 166 valence electrons. The molecule has 2 saturated heterocycles. The van der Waals surface area contributed by atoms with Crippen molar-refractivity contribution in [1.29, 1.82) is 0 Å². The number of Topliss-reactive ketones (excluding diaryl/α,β-unsaturated/α-hetero) is 1. The molecule has 0 unspecified atom stereocenters. The highest BCUT2D eigenvalue weighted by Gasteiger charge is 2.31. The van der Waals surface area contributed by atoms with Gasteiger partial charge in [0, 0.05) is 38.7 Å². The van der Waals surface area contributed by atoms with Gasteiger partial charge in [-0.1, -0.05) is 32.9 Å². The van der Waals surface area contributed by atoms with Gasteiger partial charge < -0.3 is 19.3 Å². The van der Waals surface area contributed by atoms with E-state index < -0.39 is 0 Å². The molecule has 0 radical (unpaired) electrons. The monoisotopic (exact) mass is 422 g/mol. The van der Waals surface area contributed by atoms with Gasteiger partial charge in [0.25, 0.3) is 0 Å². The van der Waals surface area contributed by atoms with Gasteiger partial charge >= 0.3 is 0 Å². The molecule has 0 saturated carbocycles. The zero-order valence-electron chi connectivity index (χ0n) is 19.2. The van der Waals surface area contributed by atoms with Gasteiger partial charge in [0.2, 0.25) is 5.95 Å². The van der Waals surface area contributed by atoms with Gasteiger partial charge in [-0.3, -0.25) is 0 Å². The van der Waals surface area contributed by atoms with Crippen molar-refractivity contribution >= 4 is 17.5 Å². The first-order valence-electron chi connectivity index (χ1n) is 11.4. The van der Waals surface area contributed by atoms with E-state index in [9.17, 15) is 4.79 Å². The molecule has 2 aromatic rings. The molecule has 1 aromatic heterocycles. The Morgan fingerprint density at radius 3 is 2.65 bits per heavy atom. The normalized spacial score (nSPS) is 21.4. The lowest BCUT2D eigenvalue weighted by atomic mass is 9.93. The highest BCUT2D eigenvalue weighted by atomic mass is 16.5. The topological polar surface area (TPSA) is 58.6 Å². The van der Waals surface area contributed by atoms with Crippen LogP contribution in [0.1, 0.15) is 58.4 Å². The van der Waals surface area contributed by atoms with Crippen molar-refractivity contribution in [3.8, 4) is 5.75 Å². The minimum atomic E-state index is 0.143. The average molecular weight is 423 g/mol. The van der Waals surface area contributed by atoms with Crippen LogP contribution in [0.4, 0.5) is 11.8 Å². The lowest BCUT2D eigenvalue weighted by molar-refractivity contribution is -0.117. The predicted octanol–water partition coefficient (Wildman–Crippen LogP) is 4.45. The van der Waals surface area contributed by atoms with E-state index in [1.54, 1.807) is 6.92 Å². The number of ether oxygens (including phenoxy) is 1. The lowest BCUT2D eigenvalue weighted by Crippen LogP contribution is -2.28. The van der Waals surface area contributed by atoms with Gasteiger partial charge in [0.05, 0.1) is 6.54 Å². The van der Waals surface area contributed by atoms with Gasteiger partial charge in [-0.2, -0.15) is 4.98 Å². The van der Waals surface area contributed by atoms with Crippen LogP contribution >= 0.6 is 0 Å². The van der Waals surface area contributed by atoms with Crippen LogP contribution in [-0.2, 0) is 4.79 Å². The Labute approximate surface area is 185 Å². The number of hydrogen-bond donors (Lipinski definition) is 0. The molecule has 3 heterocycles. The van der Waals surface area contributed by atoms with Gasteiger partial charge in [0.1, 0.15) is 23.5 Å². The van der Waals surface area contributed by atoms with E-state index in [2.05, 4.69) is 47.7 Å². The van der Waals surface area contributed by atoms with Crippen molar-refractivity contribution < 1.29 is 9.53 Å². The fraction of sp³-hybridized carbons (Fsp3) is 0.560. The molecule has 0 aliphatic carbocycles. The van der Waals surface area contributed by atoms with Gasteiger partial charge in [0.15, 0.2) is 0 Å². The van der Waals surface area contributed by atoms with Gasteiger partial charge in [-0.05, 0) is 48.4 Å². The Hall–Kier alpha value is -2.63. The summed E-state index contributed by atoms with van der Waals surface area (Å²) in [5, 5.41) is 0. The number of nitrogens with zero attached hydrogens (tertiary/aromatic N) is 4. The summed E-state index contributed by atoms with van der Waals surface area (Å²) in [6.45, 7) is 12.1. The molecule has 0 N–H and O–H groups in total. The van der Waals surface area contributed by atoms with E-state index in [1.807, 2.05) is 24.4 Å². The first-order valence-corrected chi connectivity index (χ1v) is 11.4. The smallest absolute Gasteiger partial charge is 0.227 e. The molecule has 0 bridgehead atoms. The van der Waals surface area contributed by atoms with Crippen LogP contribution < -0.4 is 14.5 Å². The first kappa shape index (κ1) is 21.6. The van der Waals surface area contributed by atoms with E-state index in [1.165, 1.54) is 12.0 Å². The number of benzene rings is 1. The van der Waals surface area contributed by atoms with E-state index in [-0.39, 0.29) is 17.8 Å². The Morgan fingerprint density at radius 2 is 1.97 bits per heavy atom. The second-order valence-electron chi connectivity index (χ2n) is 9.90. The molecule has 4 rings (SSSR count). The largest absolute Gasteiger partial charge is 0.489 e. The number of aromatic nitrogens is 2. The lowest BCUT2D eigenvalue weighted by Gasteiger charge is -2.22. The maximum atomic E-state index is 11.4. The quantitative estimate of drug-likeness (QED) is 0.657. The second kappa shape index (κ2) is 8.85. The highest BCUT2D eigenvalue weighted by Crippen LogP contribution is 2.32. The number of anilines is 2. The van der Waals surface area contributed by atoms with Crippen molar-refractivity contribution in [2.24, 2.45) is 5.41 Å². The van der Waals surface area contributed by atoms with Crippen LogP contribution in [0.3, 0.4) is 0 Å². The summed E-state index contributed by atoms with van der Waals surface area (Å²) >= 11 is 0. The number of carbonyl (C=O) groups is 1. The summed E-state index contributed by atoms with van der Waals surface area (Å²) in [5.74, 6) is 3.16. The Balaban J connectivity index is 1.35. The molecule has 2 aliphatic heterocycles. The molecule has 2 atom stereocenters. The molecule has 6 nitrogen and oxygen atoms in total.